The van der Waals surface area contributed by atoms with E-state index in [1.165, 1.54) is 85.1 Å². The molecule has 1 aliphatic rings. The first-order valence-corrected chi connectivity index (χ1v) is 23.8. The van der Waals surface area contributed by atoms with E-state index in [-0.39, 0.29) is 0 Å². The summed E-state index contributed by atoms with van der Waals surface area (Å²) < 4.78 is 2.71. The van der Waals surface area contributed by atoms with Crippen LogP contribution < -0.4 is 25.6 Å². The van der Waals surface area contributed by atoms with Gasteiger partial charge in [0.25, 0.3) is 0 Å². The third-order valence-electron chi connectivity index (χ3n) is 12.7. The average molecular weight is 810 g/mol. The number of benzene rings is 10. The van der Waals surface area contributed by atoms with Gasteiger partial charge in [-0.1, -0.05) is 188 Å². The Hall–Kier alpha value is -7.30. The van der Waals surface area contributed by atoms with Gasteiger partial charge in [-0.2, -0.15) is 0 Å². The van der Waals surface area contributed by atoms with Crippen molar-refractivity contribution in [2.24, 2.45) is 0 Å². The van der Waals surface area contributed by atoms with Crippen molar-refractivity contribution in [1.82, 2.24) is 0 Å². The van der Waals surface area contributed by atoms with Gasteiger partial charge in [0.05, 0.1) is 0 Å². The van der Waals surface area contributed by atoms with Crippen LogP contribution in [-0.4, -0.2) is 8.07 Å². The van der Waals surface area contributed by atoms with Gasteiger partial charge in [-0.05, 0) is 113 Å². The highest BCUT2D eigenvalue weighted by atomic mass is 32.1. The van der Waals surface area contributed by atoms with Gasteiger partial charge in [0.2, 0.25) is 0 Å². The number of nitrogens with zero attached hydrogens (tertiary/aromatic N) is 1. The second kappa shape index (κ2) is 14.5. The third-order valence-corrected chi connectivity index (χ3v) is 18.8. The summed E-state index contributed by atoms with van der Waals surface area (Å²) in [5.74, 6) is 0. The van der Waals surface area contributed by atoms with Gasteiger partial charge in [-0.25, -0.2) is 0 Å². The minimum atomic E-state index is -2.83. The molecule has 0 N–H and O–H groups in total. The molecule has 2 heterocycles. The van der Waals surface area contributed by atoms with E-state index in [1.807, 2.05) is 11.3 Å². The topological polar surface area (TPSA) is 3.24 Å². The maximum Gasteiger partial charge on any atom is 0.181 e. The zero-order valence-electron chi connectivity index (χ0n) is 33.4. The highest BCUT2D eigenvalue weighted by Crippen LogP contribution is 2.44. The molecular formula is C58H39NSSi. The number of anilines is 3. The zero-order chi connectivity index (χ0) is 40.3. The molecule has 0 saturated heterocycles. The van der Waals surface area contributed by atoms with E-state index in [0.717, 1.165) is 17.1 Å². The van der Waals surface area contributed by atoms with Gasteiger partial charge in [-0.15, -0.1) is 11.3 Å². The van der Waals surface area contributed by atoms with E-state index in [9.17, 15) is 0 Å². The van der Waals surface area contributed by atoms with Gasteiger partial charge < -0.3 is 4.90 Å². The lowest BCUT2D eigenvalue weighted by Crippen LogP contribution is -2.72. The fourth-order valence-corrected chi connectivity index (χ4v) is 16.5. The Morgan fingerprint density at radius 2 is 0.934 bits per heavy atom. The van der Waals surface area contributed by atoms with Crippen LogP contribution in [0.4, 0.5) is 17.1 Å². The lowest BCUT2D eigenvalue weighted by molar-refractivity contribution is 1.29. The Kier molecular flexibility index (Phi) is 8.44. The lowest BCUT2D eigenvalue weighted by Gasteiger charge is -2.33. The second-order valence-corrected chi connectivity index (χ2v) is 20.8. The van der Waals surface area contributed by atoms with Crippen LogP contribution in [0.15, 0.2) is 237 Å². The van der Waals surface area contributed by atoms with Gasteiger partial charge in [0, 0.05) is 37.2 Å². The van der Waals surface area contributed by atoms with E-state index in [0.29, 0.717) is 0 Å². The summed E-state index contributed by atoms with van der Waals surface area (Å²) >= 11 is 1.94. The highest BCUT2D eigenvalue weighted by Gasteiger charge is 2.49. The molecule has 1 nitrogen and oxygen atoms in total. The largest absolute Gasteiger partial charge is 0.310 e. The molecule has 0 saturated carbocycles. The van der Waals surface area contributed by atoms with Crippen molar-refractivity contribution in [3.05, 3.63) is 237 Å². The molecule has 0 spiro atoms. The van der Waals surface area contributed by atoms with E-state index >= 15 is 0 Å². The van der Waals surface area contributed by atoms with Crippen molar-refractivity contribution in [2.45, 2.75) is 0 Å². The standard InChI is InChI=1S/C58H39NSSi/c1-4-15-40(16-5-1)42-29-31-46(32-30-42)59(47-20-14-19-44(38-47)45-28-27-41-17-10-11-18-43(41)37-45)48-33-34-53-56(39-48)61(49-21-6-2-7-22-49,50-23-8-3-9-24-50)55-36-35-52-51-25-12-13-26-54(51)60-58(52)57(53)55/h1-39H. The molecule has 3 heteroatoms. The van der Waals surface area contributed by atoms with Crippen molar-refractivity contribution in [2.75, 3.05) is 4.90 Å². The van der Waals surface area contributed by atoms with Crippen molar-refractivity contribution in [3.63, 3.8) is 0 Å². The van der Waals surface area contributed by atoms with E-state index in [2.05, 4.69) is 241 Å². The zero-order valence-corrected chi connectivity index (χ0v) is 35.2. The smallest absolute Gasteiger partial charge is 0.181 e. The average Bonchev–Trinajstić information content (AvgIpc) is 3.86. The molecule has 0 radical (unpaired) electrons. The Morgan fingerprint density at radius 1 is 0.344 bits per heavy atom. The molecule has 0 aliphatic carbocycles. The number of fused-ring (bicyclic) bond motifs is 8. The van der Waals surface area contributed by atoms with E-state index in [1.54, 1.807) is 0 Å². The van der Waals surface area contributed by atoms with Crippen LogP contribution in [0.3, 0.4) is 0 Å². The normalized spacial score (nSPS) is 12.7. The Morgan fingerprint density at radius 3 is 1.70 bits per heavy atom. The maximum atomic E-state index is 2.55. The van der Waals surface area contributed by atoms with Crippen molar-refractivity contribution in [3.8, 4) is 33.4 Å². The van der Waals surface area contributed by atoms with Crippen LogP contribution in [-0.2, 0) is 0 Å². The number of hydrogen-bond donors (Lipinski definition) is 0. The van der Waals surface area contributed by atoms with Crippen molar-refractivity contribution < 1.29 is 0 Å². The van der Waals surface area contributed by atoms with Crippen LogP contribution in [0.25, 0.3) is 64.3 Å². The van der Waals surface area contributed by atoms with Crippen LogP contribution in [0.5, 0.6) is 0 Å². The quantitative estimate of drug-likeness (QED) is 0.145. The molecule has 61 heavy (non-hydrogen) atoms. The molecule has 11 aromatic rings. The summed E-state index contributed by atoms with van der Waals surface area (Å²) in [6, 6.07) is 88.1. The third kappa shape index (κ3) is 5.73. The van der Waals surface area contributed by atoms with Crippen molar-refractivity contribution >= 4 is 88.2 Å². The molecule has 286 valence electrons. The van der Waals surface area contributed by atoms with Gasteiger partial charge in [0.15, 0.2) is 8.07 Å². The molecule has 0 atom stereocenters. The van der Waals surface area contributed by atoms with E-state index < -0.39 is 8.07 Å². The minimum absolute atomic E-state index is 1.12. The number of hydrogen-bond acceptors (Lipinski definition) is 2. The molecule has 10 aromatic carbocycles. The fourth-order valence-electron chi connectivity index (χ4n) is 9.95. The molecule has 12 rings (SSSR count). The van der Waals surface area contributed by atoms with Crippen LogP contribution in [0.1, 0.15) is 0 Å². The fraction of sp³-hybridized carbons (Fsp3) is 0. The maximum absolute atomic E-state index is 2.83. The molecule has 1 aliphatic heterocycles. The van der Waals surface area contributed by atoms with Gasteiger partial charge in [-0.3, -0.25) is 0 Å². The van der Waals surface area contributed by atoms with Crippen LogP contribution in [0, 0.1) is 0 Å². The molecule has 0 bridgehead atoms. The molecule has 0 fully saturated rings. The van der Waals surface area contributed by atoms with Gasteiger partial charge in [0.1, 0.15) is 0 Å². The van der Waals surface area contributed by atoms with Gasteiger partial charge >= 0.3 is 0 Å². The Bertz CT molecular complexity index is 3370. The summed E-state index contributed by atoms with van der Waals surface area (Å²) in [5.41, 5.74) is 10.9. The summed E-state index contributed by atoms with van der Waals surface area (Å²) in [5, 5.41) is 10.9. The molecule has 0 amide bonds. The van der Waals surface area contributed by atoms with E-state index in [4.69, 9.17) is 0 Å². The number of rotatable bonds is 7. The monoisotopic (exact) mass is 809 g/mol. The molecule has 0 unspecified atom stereocenters. The van der Waals surface area contributed by atoms with Crippen molar-refractivity contribution in [1.29, 1.82) is 0 Å². The Labute approximate surface area is 361 Å². The van der Waals surface area contributed by atoms with Crippen LogP contribution in [0.2, 0.25) is 0 Å². The second-order valence-electron chi connectivity index (χ2n) is 16.0. The lowest BCUT2D eigenvalue weighted by atomic mass is 10.00. The summed E-state index contributed by atoms with van der Waals surface area (Å²) in [6.45, 7) is 0. The van der Waals surface area contributed by atoms with Crippen LogP contribution >= 0.6 is 11.3 Å². The predicted molar refractivity (Wildman–Crippen MR) is 265 cm³/mol. The first-order chi connectivity index (χ1) is 30.2. The highest BCUT2D eigenvalue weighted by molar-refractivity contribution is 7.28. The summed E-state index contributed by atoms with van der Waals surface area (Å²) in [4.78, 5) is 2.47. The first-order valence-electron chi connectivity index (χ1n) is 21.0. The SMILES string of the molecule is c1ccc(-c2ccc(N(c3cccc(-c4ccc5ccccc5c4)c3)c3ccc4c(c3)[Si](c3ccccc3)(c3ccccc3)c3ccc5c(sc6ccccc65)c3-4)cc2)cc1. The predicted octanol–water partition coefficient (Wildman–Crippen LogP) is 13.4. The Balaban J connectivity index is 1.11. The molecular weight excluding hydrogens is 771 g/mol. The first kappa shape index (κ1) is 35.6. The summed E-state index contributed by atoms with van der Waals surface area (Å²) in [7, 11) is -2.83. The number of thiophene rings is 1. The minimum Gasteiger partial charge on any atom is -0.310 e. The summed E-state index contributed by atoms with van der Waals surface area (Å²) in [6.07, 6.45) is 0. The molecule has 1 aromatic heterocycles.